The fourth-order valence-electron chi connectivity index (χ4n) is 4.26. The standard InChI is InChI=1S/C18H17NO4/c1-23-18(22)12-4-2-3-5-13(12)19-16(20)14-10-6-7-11(9-8-10)15(14)17(19)21/h2-7,10-11,14-15H,8-9H2,1H3/t10-,11-,14-,15+/m0/s1. The number of allylic oxidation sites excluding steroid dienone is 2. The molecule has 23 heavy (non-hydrogen) atoms. The molecule has 5 rings (SSSR count). The summed E-state index contributed by atoms with van der Waals surface area (Å²) in [6.07, 6.45) is 6.06. The predicted octanol–water partition coefficient (Wildman–Crippen LogP) is 2.17. The fraction of sp³-hybridized carbons (Fsp3) is 0.389. The molecule has 2 bridgehead atoms. The second-order valence-corrected chi connectivity index (χ2v) is 6.36. The summed E-state index contributed by atoms with van der Waals surface area (Å²) < 4.78 is 4.78. The van der Waals surface area contributed by atoms with Gasteiger partial charge in [-0.25, -0.2) is 9.69 Å². The molecule has 5 heteroatoms. The first-order valence-corrected chi connectivity index (χ1v) is 7.87. The third kappa shape index (κ3) is 1.89. The maximum atomic E-state index is 12.9. The minimum atomic E-state index is -0.544. The van der Waals surface area contributed by atoms with Crippen LogP contribution in [0.25, 0.3) is 0 Å². The number of para-hydroxylation sites is 1. The summed E-state index contributed by atoms with van der Waals surface area (Å²) in [4.78, 5) is 39.0. The highest BCUT2D eigenvalue weighted by molar-refractivity contribution is 6.24. The van der Waals surface area contributed by atoms with Crippen LogP contribution in [0.15, 0.2) is 36.4 Å². The molecule has 1 aromatic rings. The first kappa shape index (κ1) is 14.2. The van der Waals surface area contributed by atoms with Gasteiger partial charge in [0.25, 0.3) is 0 Å². The van der Waals surface area contributed by atoms with E-state index in [0.717, 1.165) is 12.8 Å². The molecule has 3 aliphatic carbocycles. The van der Waals surface area contributed by atoms with E-state index in [0.29, 0.717) is 5.69 Å². The van der Waals surface area contributed by atoms with Crippen LogP contribution in [0.2, 0.25) is 0 Å². The minimum absolute atomic E-state index is 0.136. The van der Waals surface area contributed by atoms with Crippen LogP contribution < -0.4 is 4.90 Å². The van der Waals surface area contributed by atoms with Gasteiger partial charge >= 0.3 is 5.97 Å². The normalized spacial score (nSPS) is 31.4. The highest BCUT2D eigenvalue weighted by Crippen LogP contribution is 2.50. The van der Waals surface area contributed by atoms with Gasteiger partial charge in [-0.15, -0.1) is 0 Å². The molecule has 118 valence electrons. The first-order chi connectivity index (χ1) is 11.1. The monoisotopic (exact) mass is 311 g/mol. The number of carbonyl (C=O) groups is 3. The summed E-state index contributed by atoms with van der Waals surface area (Å²) in [5.41, 5.74) is 0.582. The number of hydrogen-bond donors (Lipinski definition) is 0. The fourth-order valence-corrected chi connectivity index (χ4v) is 4.26. The number of imide groups is 1. The molecule has 5 nitrogen and oxygen atoms in total. The minimum Gasteiger partial charge on any atom is -0.465 e. The van der Waals surface area contributed by atoms with Crippen LogP contribution in [0.4, 0.5) is 5.69 Å². The number of fused-ring (bicyclic) bond motifs is 1. The molecular formula is C18H17NO4. The Balaban J connectivity index is 1.79. The van der Waals surface area contributed by atoms with Crippen LogP contribution in [0.5, 0.6) is 0 Å². The SMILES string of the molecule is COC(=O)c1ccccc1N1C(=O)[C@@H]2[C@H](C1=O)[C@H]1C=C[C@H]2CC1. The summed E-state index contributed by atoms with van der Waals surface area (Å²) in [6.45, 7) is 0. The van der Waals surface area contributed by atoms with E-state index < -0.39 is 5.97 Å². The summed E-state index contributed by atoms with van der Waals surface area (Å²) in [5, 5.41) is 0. The van der Waals surface area contributed by atoms with Crippen molar-refractivity contribution in [3.8, 4) is 0 Å². The zero-order valence-corrected chi connectivity index (χ0v) is 12.8. The van der Waals surface area contributed by atoms with Crippen molar-refractivity contribution in [2.45, 2.75) is 12.8 Å². The molecular weight excluding hydrogens is 294 g/mol. The Morgan fingerprint density at radius 2 is 1.61 bits per heavy atom. The molecule has 1 saturated carbocycles. The van der Waals surface area contributed by atoms with Crippen LogP contribution in [0.1, 0.15) is 23.2 Å². The van der Waals surface area contributed by atoms with Crippen LogP contribution in [0, 0.1) is 23.7 Å². The molecule has 1 aliphatic heterocycles. The number of methoxy groups -OCH3 is 1. The van der Waals surface area contributed by atoms with Gasteiger partial charge in [-0.3, -0.25) is 9.59 Å². The van der Waals surface area contributed by atoms with E-state index in [-0.39, 0.29) is 41.0 Å². The van der Waals surface area contributed by atoms with Gasteiger partial charge in [-0.05, 0) is 36.8 Å². The topological polar surface area (TPSA) is 63.7 Å². The largest absolute Gasteiger partial charge is 0.465 e. The molecule has 0 radical (unpaired) electrons. The third-order valence-corrected chi connectivity index (χ3v) is 5.31. The number of hydrogen-bond acceptors (Lipinski definition) is 4. The number of amides is 2. The van der Waals surface area contributed by atoms with Crippen LogP contribution >= 0.6 is 0 Å². The average molecular weight is 311 g/mol. The average Bonchev–Trinajstić information content (AvgIpc) is 2.88. The Morgan fingerprint density at radius 1 is 1.04 bits per heavy atom. The van der Waals surface area contributed by atoms with Gasteiger partial charge in [0.15, 0.2) is 0 Å². The van der Waals surface area contributed by atoms with Gasteiger partial charge in [-0.2, -0.15) is 0 Å². The second kappa shape index (κ2) is 5.05. The Kier molecular flexibility index (Phi) is 3.11. The van der Waals surface area contributed by atoms with Crippen molar-refractivity contribution >= 4 is 23.5 Å². The quantitative estimate of drug-likeness (QED) is 0.477. The van der Waals surface area contributed by atoms with Gasteiger partial charge in [0.05, 0.1) is 30.2 Å². The predicted molar refractivity (Wildman–Crippen MR) is 82.6 cm³/mol. The second-order valence-electron chi connectivity index (χ2n) is 6.36. The smallest absolute Gasteiger partial charge is 0.339 e. The van der Waals surface area contributed by atoms with E-state index in [1.807, 2.05) is 0 Å². The van der Waals surface area contributed by atoms with Crippen LogP contribution in [-0.2, 0) is 14.3 Å². The van der Waals surface area contributed by atoms with Crippen molar-refractivity contribution in [3.05, 3.63) is 42.0 Å². The van der Waals surface area contributed by atoms with Crippen molar-refractivity contribution in [1.29, 1.82) is 0 Å². The van der Waals surface area contributed by atoms with Gasteiger partial charge in [0, 0.05) is 0 Å². The number of esters is 1. The van der Waals surface area contributed by atoms with E-state index in [9.17, 15) is 14.4 Å². The maximum absolute atomic E-state index is 12.9. The molecule has 0 aromatic heterocycles. The number of benzene rings is 1. The number of nitrogens with zero attached hydrogens (tertiary/aromatic N) is 1. The lowest BCUT2D eigenvalue weighted by atomic mass is 9.63. The molecule has 0 spiro atoms. The lowest BCUT2D eigenvalue weighted by molar-refractivity contribution is -0.124. The van der Waals surface area contributed by atoms with Crippen molar-refractivity contribution in [2.24, 2.45) is 23.7 Å². The molecule has 1 heterocycles. The van der Waals surface area contributed by atoms with Gasteiger partial charge in [0.1, 0.15) is 0 Å². The van der Waals surface area contributed by atoms with Crippen molar-refractivity contribution in [3.63, 3.8) is 0 Å². The molecule has 1 saturated heterocycles. The van der Waals surface area contributed by atoms with E-state index in [1.54, 1.807) is 24.3 Å². The Morgan fingerprint density at radius 3 is 2.13 bits per heavy atom. The Hall–Kier alpha value is -2.43. The number of carbonyl (C=O) groups excluding carboxylic acids is 3. The molecule has 4 aliphatic rings. The molecule has 0 unspecified atom stereocenters. The molecule has 1 aromatic carbocycles. The summed E-state index contributed by atoms with van der Waals surface area (Å²) in [6, 6.07) is 6.63. The maximum Gasteiger partial charge on any atom is 0.339 e. The molecule has 2 fully saturated rings. The zero-order chi connectivity index (χ0) is 16.1. The zero-order valence-electron chi connectivity index (χ0n) is 12.8. The Labute approximate surface area is 133 Å². The number of rotatable bonds is 2. The van der Waals surface area contributed by atoms with Gasteiger partial charge < -0.3 is 4.74 Å². The van der Waals surface area contributed by atoms with Crippen LogP contribution in [0.3, 0.4) is 0 Å². The number of anilines is 1. The molecule has 4 atom stereocenters. The first-order valence-electron chi connectivity index (χ1n) is 7.87. The van der Waals surface area contributed by atoms with E-state index in [1.165, 1.54) is 12.0 Å². The van der Waals surface area contributed by atoms with Gasteiger partial charge in [-0.1, -0.05) is 24.3 Å². The molecule has 0 N–H and O–H groups in total. The Bertz CT molecular complexity index is 706. The number of ether oxygens (including phenoxy) is 1. The van der Waals surface area contributed by atoms with E-state index in [4.69, 9.17) is 4.74 Å². The molecule has 2 amide bonds. The third-order valence-electron chi connectivity index (χ3n) is 5.31. The highest BCUT2D eigenvalue weighted by atomic mass is 16.5. The van der Waals surface area contributed by atoms with Crippen LogP contribution in [-0.4, -0.2) is 24.9 Å². The lowest BCUT2D eigenvalue weighted by Gasteiger charge is -2.38. The van der Waals surface area contributed by atoms with E-state index in [2.05, 4.69) is 12.2 Å². The van der Waals surface area contributed by atoms with Crippen molar-refractivity contribution in [1.82, 2.24) is 0 Å². The summed E-state index contributed by atoms with van der Waals surface area (Å²) >= 11 is 0. The van der Waals surface area contributed by atoms with Gasteiger partial charge in [0.2, 0.25) is 11.8 Å². The summed E-state index contributed by atoms with van der Waals surface area (Å²) in [7, 11) is 1.29. The van der Waals surface area contributed by atoms with E-state index >= 15 is 0 Å². The van der Waals surface area contributed by atoms with Crippen molar-refractivity contribution < 1.29 is 19.1 Å². The highest BCUT2D eigenvalue weighted by Gasteiger charge is 2.57. The lowest BCUT2D eigenvalue weighted by Crippen LogP contribution is -2.38. The summed E-state index contributed by atoms with van der Waals surface area (Å²) in [5.74, 6) is -1.20. The van der Waals surface area contributed by atoms with Crippen molar-refractivity contribution in [2.75, 3.05) is 12.0 Å².